The van der Waals surface area contributed by atoms with E-state index in [2.05, 4.69) is 21.2 Å². The molecule has 4 nitrogen and oxygen atoms in total. The summed E-state index contributed by atoms with van der Waals surface area (Å²) >= 11 is 0. The van der Waals surface area contributed by atoms with E-state index >= 15 is 0 Å². The van der Waals surface area contributed by atoms with Gasteiger partial charge in [0.15, 0.2) is 0 Å². The summed E-state index contributed by atoms with van der Waals surface area (Å²) in [5.74, 6) is 1.10. The molecule has 2 fully saturated rings. The van der Waals surface area contributed by atoms with E-state index in [0.29, 0.717) is 0 Å². The Bertz CT molecular complexity index is 342. The van der Waals surface area contributed by atoms with E-state index in [1.165, 1.54) is 39.0 Å². The molecular formula is C14H23N3O. The predicted octanol–water partition coefficient (Wildman–Crippen LogP) is 1.15. The number of nitrogens with zero attached hydrogens (tertiary/aromatic N) is 2. The predicted molar refractivity (Wildman–Crippen MR) is 71.4 cm³/mol. The van der Waals surface area contributed by atoms with Gasteiger partial charge >= 0.3 is 0 Å². The molecule has 0 unspecified atom stereocenters. The first-order valence-corrected chi connectivity index (χ1v) is 7.11. The first-order valence-electron chi connectivity index (χ1n) is 7.11. The maximum Gasteiger partial charge on any atom is 0.117 e. The van der Waals surface area contributed by atoms with Gasteiger partial charge < -0.3 is 9.73 Å². The SMILES string of the molecule is c1coc(CN(CCN2CCNCC2)C2CC2)c1. The van der Waals surface area contributed by atoms with Gasteiger partial charge in [0.2, 0.25) is 0 Å². The third-order valence-electron chi connectivity index (χ3n) is 3.92. The Kier molecular flexibility index (Phi) is 3.98. The van der Waals surface area contributed by atoms with Crippen molar-refractivity contribution in [2.24, 2.45) is 0 Å². The highest BCUT2D eigenvalue weighted by Crippen LogP contribution is 2.28. The van der Waals surface area contributed by atoms with E-state index < -0.39 is 0 Å². The molecule has 1 aromatic rings. The van der Waals surface area contributed by atoms with Crippen molar-refractivity contribution in [3.63, 3.8) is 0 Å². The van der Waals surface area contributed by atoms with Crippen molar-refractivity contribution in [2.75, 3.05) is 39.3 Å². The van der Waals surface area contributed by atoms with Gasteiger partial charge in [0.05, 0.1) is 12.8 Å². The molecule has 1 N–H and O–H groups in total. The molecule has 1 saturated carbocycles. The fourth-order valence-electron chi connectivity index (χ4n) is 2.64. The number of hydrogen-bond donors (Lipinski definition) is 1. The number of hydrogen-bond acceptors (Lipinski definition) is 4. The third-order valence-corrected chi connectivity index (χ3v) is 3.92. The van der Waals surface area contributed by atoms with Gasteiger partial charge in [-0.15, -0.1) is 0 Å². The molecule has 1 aromatic heterocycles. The quantitative estimate of drug-likeness (QED) is 0.819. The second kappa shape index (κ2) is 5.87. The summed E-state index contributed by atoms with van der Waals surface area (Å²) in [5.41, 5.74) is 0. The number of nitrogens with one attached hydrogen (secondary N) is 1. The van der Waals surface area contributed by atoms with Crippen LogP contribution in [0.5, 0.6) is 0 Å². The summed E-state index contributed by atoms with van der Waals surface area (Å²) in [7, 11) is 0. The van der Waals surface area contributed by atoms with E-state index in [0.717, 1.165) is 31.4 Å². The molecule has 0 bridgehead atoms. The maximum atomic E-state index is 5.47. The monoisotopic (exact) mass is 249 g/mol. The van der Waals surface area contributed by atoms with Crippen molar-refractivity contribution >= 4 is 0 Å². The first-order chi connectivity index (χ1) is 8.92. The van der Waals surface area contributed by atoms with E-state index in [1.807, 2.05) is 6.07 Å². The lowest BCUT2D eigenvalue weighted by molar-refractivity contribution is 0.171. The largest absolute Gasteiger partial charge is 0.468 e. The molecule has 1 aliphatic heterocycles. The van der Waals surface area contributed by atoms with Gasteiger partial charge in [-0.3, -0.25) is 9.80 Å². The van der Waals surface area contributed by atoms with Crippen LogP contribution in [0.3, 0.4) is 0 Å². The molecule has 18 heavy (non-hydrogen) atoms. The second-order valence-electron chi connectivity index (χ2n) is 5.37. The molecule has 0 aromatic carbocycles. The Balaban J connectivity index is 1.47. The summed E-state index contributed by atoms with van der Waals surface area (Å²) < 4.78 is 5.47. The number of rotatable bonds is 6. The van der Waals surface area contributed by atoms with Crippen LogP contribution in [0.4, 0.5) is 0 Å². The molecule has 1 aliphatic carbocycles. The Morgan fingerprint density at radius 2 is 2.17 bits per heavy atom. The first kappa shape index (κ1) is 12.2. The van der Waals surface area contributed by atoms with Crippen LogP contribution in [0.15, 0.2) is 22.8 Å². The highest BCUT2D eigenvalue weighted by Gasteiger charge is 2.29. The Hall–Kier alpha value is -0.840. The Morgan fingerprint density at radius 3 is 2.83 bits per heavy atom. The number of furan rings is 1. The summed E-state index contributed by atoms with van der Waals surface area (Å²) in [6.45, 7) is 8.01. The minimum absolute atomic E-state index is 0.804. The van der Waals surface area contributed by atoms with Crippen LogP contribution < -0.4 is 5.32 Å². The van der Waals surface area contributed by atoms with Gasteiger partial charge in [0, 0.05) is 45.3 Å². The summed E-state index contributed by atoms with van der Waals surface area (Å²) in [4.78, 5) is 5.15. The van der Waals surface area contributed by atoms with Crippen molar-refractivity contribution in [3.05, 3.63) is 24.2 Å². The van der Waals surface area contributed by atoms with Crippen molar-refractivity contribution in [3.8, 4) is 0 Å². The third kappa shape index (κ3) is 3.34. The van der Waals surface area contributed by atoms with Crippen molar-refractivity contribution in [1.82, 2.24) is 15.1 Å². The fourth-order valence-corrected chi connectivity index (χ4v) is 2.64. The molecular weight excluding hydrogens is 226 g/mol. The van der Waals surface area contributed by atoms with Crippen LogP contribution >= 0.6 is 0 Å². The lowest BCUT2D eigenvalue weighted by Crippen LogP contribution is -2.46. The average molecular weight is 249 g/mol. The van der Waals surface area contributed by atoms with Crippen LogP contribution in [-0.2, 0) is 6.54 Å². The standard InChI is InChI=1S/C14H23N3O/c1-2-14(18-11-1)12-17(13-3-4-13)10-9-16-7-5-15-6-8-16/h1-2,11,13,15H,3-10,12H2. The Morgan fingerprint density at radius 1 is 1.33 bits per heavy atom. The highest BCUT2D eigenvalue weighted by molar-refractivity contribution is 4.99. The van der Waals surface area contributed by atoms with Crippen LogP contribution in [0.1, 0.15) is 18.6 Å². The summed E-state index contributed by atoms with van der Waals surface area (Å²) in [6.07, 6.45) is 4.50. The lowest BCUT2D eigenvalue weighted by atomic mass is 10.3. The minimum atomic E-state index is 0.804. The van der Waals surface area contributed by atoms with Gasteiger partial charge in [0.25, 0.3) is 0 Å². The molecule has 2 aliphatic rings. The molecule has 0 radical (unpaired) electrons. The fraction of sp³-hybridized carbons (Fsp3) is 0.714. The molecule has 4 heteroatoms. The van der Waals surface area contributed by atoms with Crippen molar-refractivity contribution in [2.45, 2.75) is 25.4 Å². The normalized spacial score (nSPS) is 21.6. The lowest BCUT2D eigenvalue weighted by Gasteiger charge is -2.30. The second-order valence-corrected chi connectivity index (χ2v) is 5.37. The van der Waals surface area contributed by atoms with Gasteiger partial charge in [-0.25, -0.2) is 0 Å². The van der Waals surface area contributed by atoms with Gasteiger partial charge in [0.1, 0.15) is 5.76 Å². The van der Waals surface area contributed by atoms with Crippen molar-refractivity contribution in [1.29, 1.82) is 0 Å². The van der Waals surface area contributed by atoms with Gasteiger partial charge in [-0.1, -0.05) is 0 Å². The van der Waals surface area contributed by atoms with Crippen LogP contribution in [0.2, 0.25) is 0 Å². The zero-order valence-electron chi connectivity index (χ0n) is 11.0. The minimum Gasteiger partial charge on any atom is -0.468 e. The zero-order valence-corrected chi connectivity index (χ0v) is 11.0. The highest BCUT2D eigenvalue weighted by atomic mass is 16.3. The van der Waals surface area contributed by atoms with Crippen LogP contribution in [0, 0.1) is 0 Å². The molecule has 0 spiro atoms. The molecule has 0 atom stereocenters. The summed E-state index contributed by atoms with van der Waals surface area (Å²) in [5, 5.41) is 3.40. The van der Waals surface area contributed by atoms with E-state index in [9.17, 15) is 0 Å². The van der Waals surface area contributed by atoms with Crippen LogP contribution in [-0.4, -0.2) is 55.1 Å². The zero-order chi connectivity index (χ0) is 12.2. The molecule has 3 rings (SSSR count). The average Bonchev–Trinajstić information content (AvgIpc) is 3.13. The smallest absolute Gasteiger partial charge is 0.117 e. The number of piperazine rings is 1. The molecule has 1 saturated heterocycles. The van der Waals surface area contributed by atoms with Crippen molar-refractivity contribution < 1.29 is 4.42 Å². The molecule has 2 heterocycles. The molecule has 0 amide bonds. The van der Waals surface area contributed by atoms with Crippen LogP contribution in [0.25, 0.3) is 0 Å². The molecule has 100 valence electrons. The van der Waals surface area contributed by atoms with E-state index in [4.69, 9.17) is 4.42 Å². The van der Waals surface area contributed by atoms with Gasteiger partial charge in [-0.2, -0.15) is 0 Å². The Labute approximate surface area is 109 Å². The van der Waals surface area contributed by atoms with E-state index in [1.54, 1.807) is 6.26 Å². The summed E-state index contributed by atoms with van der Waals surface area (Å²) in [6, 6.07) is 4.87. The topological polar surface area (TPSA) is 31.7 Å². The van der Waals surface area contributed by atoms with Gasteiger partial charge in [-0.05, 0) is 25.0 Å². The maximum absolute atomic E-state index is 5.47. The van der Waals surface area contributed by atoms with E-state index in [-0.39, 0.29) is 0 Å².